The number of amides is 1. The Kier molecular flexibility index (Phi) is 5.35. The minimum atomic E-state index is -0.781. The number of ether oxygens (including phenoxy) is 2. The van der Waals surface area contributed by atoms with Crippen molar-refractivity contribution in [1.82, 2.24) is 0 Å². The average Bonchev–Trinajstić information content (AvgIpc) is 2.54. The number of carbonyl (C=O) groups is 2. The number of esters is 1. The molecule has 0 aromatic heterocycles. The molecule has 3 rings (SSSR count). The topological polar surface area (TPSA) is 67.9 Å². The van der Waals surface area contributed by atoms with Crippen molar-refractivity contribution in [2.24, 2.45) is 5.92 Å². The van der Waals surface area contributed by atoms with E-state index in [4.69, 9.17) is 9.47 Å². The van der Waals surface area contributed by atoms with Crippen LogP contribution < -0.4 is 10.2 Å². The van der Waals surface area contributed by atoms with Gasteiger partial charge in [0.25, 0.3) is 5.91 Å². The molecule has 2 fully saturated rings. The SMILES string of the molecule is C[C@@H](OC(=O)C1CCC1)C(=O)Nc1ccc(N2CCOCC2)cc1. The van der Waals surface area contributed by atoms with Gasteiger partial charge < -0.3 is 19.7 Å². The Bertz CT molecular complexity index is 577. The molecule has 0 spiro atoms. The van der Waals surface area contributed by atoms with E-state index < -0.39 is 6.10 Å². The first-order chi connectivity index (χ1) is 11.6. The lowest BCUT2D eigenvalue weighted by Crippen LogP contribution is -2.36. The Morgan fingerprint density at radius 1 is 1.21 bits per heavy atom. The maximum Gasteiger partial charge on any atom is 0.309 e. The Morgan fingerprint density at radius 2 is 1.88 bits per heavy atom. The lowest BCUT2D eigenvalue weighted by molar-refractivity contribution is -0.159. The van der Waals surface area contributed by atoms with Crippen LogP contribution in [0, 0.1) is 5.92 Å². The summed E-state index contributed by atoms with van der Waals surface area (Å²) in [6.45, 7) is 4.83. The number of hydrogen-bond donors (Lipinski definition) is 1. The van der Waals surface area contributed by atoms with Gasteiger partial charge in [-0.1, -0.05) is 6.42 Å². The van der Waals surface area contributed by atoms with E-state index in [9.17, 15) is 9.59 Å². The zero-order chi connectivity index (χ0) is 16.9. The summed E-state index contributed by atoms with van der Waals surface area (Å²) in [7, 11) is 0. The number of nitrogens with one attached hydrogen (secondary N) is 1. The molecule has 1 aromatic carbocycles. The first-order valence-electron chi connectivity index (χ1n) is 8.57. The highest BCUT2D eigenvalue weighted by atomic mass is 16.5. The van der Waals surface area contributed by atoms with Gasteiger partial charge in [0.15, 0.2) is 6.10 Å². The lowest BCUT2D eigenvalue weighted by Gasteiger charge is -2.29. The molecular weight excluding hydrogens is 308 g/mol. The second kappa shape index (κ2) is 7.66. The molecule has 1 atom stereocenters. The van der Waals surface area contributed by atoms with E-state index in [2.05, 4.69) is 10.2 Å². The van der Waals surface area contributed by atoms with Crippen molar-refractivity contribution in [3.8, 4) is 0 Å². The van der Waals surface area contributed by atoms with Crippen LogP contribution in [-0.4, -0.2) is 44.3 Å². The van der Waals surface area contributed by atoms with E-state index in [-0.39, 0.29) is 17.8 Å². The van der Waals surface area contributed by atoms with Gasteiger partial charge in [-0.3, -0.25) is 9.59 Å². The first-order valence-corrected chi connectivity index (χ1v) is 8.57. The molecule has 1 saturated heterocycles. The van der Waals surface area contributed by atoms with Crippen LogP contribution in [0.2, 0.25) is 0 Å². The monoisotopic (exact) mass is 332 g/mol. The summed E-state index contributed by atoms with van der Waals surface area (Å²) < 4.78 is 10.6. The first kappa shape index (κ1) is 16.8. The molecule has 1 aromatic rings. The van der Waals surface area contributed by atoms with Crippen molar-refractivity contribution < 1.29 is 19.1 Å². The number of morpholine rings is 1. The lowest BCUT2D eigenvalue weighted by atomic mass is 9.86. The molecule has 2 aliphatic rings. The van der Waals surface area contributed by atoms with Crippen LogP contribution in [0.3, 0.4) is 0 Å². The van der Waals surface area contributed by atoms with Crippen molar-refractivity contribution in [1.29, 1.82) is 0 Å². The summed E-state index contributed by atoms with van der Waals surface area (Å²) in [5.74, 6) is -0.582. The Balaban J connectivity index is 1.50. The number of carbonyl (C=O) groups excluding carboxylic acids is 2. The van der Waals surface area contributed by atoms with Crippen LogP contribution in [-0.2, 0) is 19.1 Å². The maximum atomic E-state index is 12.1. The molecule has 0 bridgehead atoms. The van der Waals surface area contributed by atoms with E-state index in [1.807, 2.05) is 24.3 Å². The van der Waals surface area contributed by atoms with Gasteiger partial charge in [-0.25, -0.2) is 0 Å². The fourth-order valence-electron chi connectivity index (χ4n) is 2.79. The van der Waals surface area contributed by atoms with Crippen molar-refractivity contribution in [2.45, 2.75) is 32.3 Å². The van der Waals surface area contributed by atoms with Gasteiger partial charge in [0, 0.05) is 24.5 Å². The van der Waals surface area contributed by atoms with Gasteiger partial charge in [0.1, 0.15) is 0 Å². The summed E-state index contributed by atoms with van der Waals surface area (Å²) in [6, 6.07) is 7.68. The van der Waals surface area contributed by atoms with E-state index in [0.717, 1.165) is 51.3 Å². The molecule has 130 valence electrons. The predicted octanol–water partition coefficient (Wildman–Crippen LogP) is 2.19. The third-order valence-electron chi connectivity index (χ3n) is 4.61. The summed E-state index contributed by atoms with van der Waals surface area (Å²) >= 11 is 0. The van der Waals surface area contributed by atoms with Crippen LogP contribution in [0.15, 0.2) is 24.3 Å². The average molecular weight is 332 g/mol. The number of rotatable bonds is 5. The van der Waals surface area contributed by atoms with E-state index in [0.29, 0.717) is 5.69 Å². The fraction of sp³-hybridized carbons (Fsp3) is 0.556. The minimum absolute atomic E-state index is 0.0203. The molecule has 0 unspecified atom stereocenters. The zero-order valence-electron chi connectivity index (χ0n) is 14.0. The Morgan fingerprint density at radius 3 is 2.46 bits per heavy atom. The molecule has 0 radical (unpaired) electrons. The second-order valence-electron chi connectivity index (χ2n) is 6.34. The summed E-state index contributed by atoms with van der Waals surface area (Å²) in [5, 5.41) is 2.79. The Hall–Kier alpha value is -2.08. The minimum Gasteiger partial charge on any atom is -0.452 e. The van der Waals surface area contributed by atoms with E-state index in [1.165, 1.54) is 0 Å². The quantitative estimate of drug-likeness (QED) is 0.837. The van der Waals surface area contributed by atoms with Gasteiger partial charge >= 0.3 is 5.97 Å². The second-order valence-corrected chi connectivity index (χ2v) is 6.34. The largest absolute Gasteiger partial charge is 0.452 e. The van der Waals surface area contributed by atoms with Crippen LogP contribution in [0.5, 0.6) is 0 Å². The van der Waals surface area contributed by atoms with Gasteiger partial charge in [-0.15, -0.1) is 0 Å². The normalized spacial score (nSPS) is 19.3. The molecule has 1 heterocycles. The van der Waals surface area contributed by atoms with Gasteiger partial charge in [0.05, 0.1) is 19.1 Å². The maximum absolute atomic E-state index is 12.1. The summed E-state index contributed by atoms with van der Waals surface area (Å²) in [4.78, 5) is 26.2. The van der Waals surface area contributed by atoms with Crippen LogP contribution >= 0.6 is 0 Å². The fourth-order valence-corrected chi connectivity index (χ4v) is 2.79. The van der Waals surface area contributed by atoms with Crippen molar-refractivity contribution in [3.05, 3.63) is 24.3 Å². The summed E-state index contributed by atoms with van der Waals surface area (Å²) in [6.07, 6.45) is 2.03. The number of hydrogen-bond acceptors (Lipinski definition) is 5. The molecule has 6 heteroatoms. The van der Waals surface area contributed by atoms with Crippen LogP contribution in [0.1, 0.15) is 26.2 Å². The van der Waals surface area contributed by atoms with Gasteiger partial charge in [0.2, 0.25) is 0 Å². The van der Waals surface area contributed by atoms with E-state index in [1.54, 1.807) is 6.92 Å². The molecule has 1 amide bonds. The Labute approximate surface area is 142 Å². The van der Waals surface area contributed by atoms with Crippen molar-refractivity contribution >= 4 is 23.3 Å². The highest BCUT2D eigenvalue weighted by Gasteiger charge is 2.29. The smallest absolute Gasteiger partial charge is 0.309 e. The predicted molar refractivity (Wildman–Crippen MR) is 91.0 cm³/mol. The van der Waals surface area contributed by atoms with Crippen LogP contribution in [0.4, 0.5) is 11.4 Å². The molecule has 1 N–H and O–H groups in total. The molecular formula is C18H24N2O4. The van der Waals surface area contributed by atoms with E-state index >= 15 is 0 Å². The third-order valence-corrected chi connectivity index (χ3v) is 4.61. The highest BCUT2D eigenvalue weighted by molar-refractivity contribution is 5.95. The molecule has 6 nitrogen and oxygen atoms in total. The standard InChI is InChI=1S/C18H24N2O4/c1-13(24-18(22)14-3-2-4-14)17(21)19-15-5-7-16(8-6-15)20-9-11-23-12-10-20/h5-8,13-14H,2-4,9-12H2,1H3,(H,19,21)/t13-/m1/s1. The molecule has 1 aliphatic heterocycles. The van der Waals surface area contributed by atoms with Crippen LogP contribution in [0.25, 0.3) is 0 Å². The van der Waals surface area contributed by atoms with Crippen molar-refractivity contribution in [2.75, 3.05) is 36.5 Å². The molecule has 1 aliphatic carbocycles. The zero-order valence-corrected chi connectivity index (χ0v) is 14.0. The third kappa shape index (κ3) is 4.06. The van der Waals surface area contributed by atoms with Gasteiger partial charge in [-0.2, -0.15) is 0 Å². The number of anilines is 2. The van der Waals surface area contributed by atoms with Crippen molar-refractivity contribution in [3.63, 3.8) is 0 Å². The van der Waals surface area contributed by atoms with Gasteiger partial charge in [-0.05, 0) is 44.0 Å². The molecule has 1 saturated carbocycles. The summed E-state index contributed by atoms with van der Waals surface area (Å²) in [5.41, 5.74) is 1.81. The molecule has 24 heavy (non-hydrogen) atoms. The number of benzene rings is 1. The number of nitrogens with zero attached hydrogens (tertiary/aromatic N) is 1. The highest BCUT2D eigenvalue weighted by Crippen LogP contribution is 2.28.